The minimum absolute atomic E-state index is 0. The first-order valence-electron chi connectivity index (χ1n) is 4.39. The Morgan fingerprint density at radius 3 is 2.08 bits per heavy atom. The van der Waals surface area contributed by atoms with Crippen LogP contribution in [0.1, 0.15) is 18.4 Å². The van der Waals surface area contributed by atoms with Gasteiger partial charge in [0.05, 0.1) is 21.1 Å². The quantitative estimate of drug-likeness (QED) is 0.518. The molecule has 0 aliphatic rings. The third kappa shape index (κ3) is 4.67. The number of hydrogen-bond acceptors (Lipinski definition) is 1. The third-order valence-electron chi connectivity index (χ3n) is 1.70. The monoisotopic (exact) mass is 295 g/mol. The maximum Gasteiger partial charge on any atom is 0.158 e. The summed E-state index contributed by atoms with van der Waals surface area (Å²) in [5.41, 5.74) is 0. The zero-order valence-corrected chi connectivity index (χ0v) is 11.0. The van der Waals surface area contributed by atoms with Crippen LogP contribution in [0.25, 0.3) is 0 Å². The minimum Gasteiger partial charge on any atom is -1.00 e. The van der Waals surface area contributed by atoms with E-state index in [4.69, 9.17) is 4.42 Å². The second kappa shape index (κ2) is 5.00. The largest absolute Gasteiger partial charge is 1.00 e. The van der Waals surface area contributed by atoms with Gasteiger partial charge in [0.1, 0.15) is 12.3 Å². The van der Waals surface area contributed by atoms with Crippen molar-refractivity contribution in [1.29, 1.82) is 0 Å². The Morgan fingerprint density at radius 2 is 1.69 bits per heavy atom. The molecule has 1 aromatic heterocycles. The van der Waals surface area contributed by atoms with Crippen LogP contribution in [0.3, 0.4) is 0 Å². The molecule has 2 nitrogen and oxygen atoms in total. The van der Waals surface area contributed by atoms with Crippen molar-refractivity contribution in [1.82, 2.24) is 0 Å². The maximum atomic E-state index is 5.59. The predicted octanol–water partition coefficient (Wildman–Crippen LogP) is -0.948. The van der Waals surface area contributed by atoms with Gasteiger partial charge >= 0.3 is 0 Å². The summed E-state index contributed by atoms with van der Waals surface area (Å²) in [6.45, 7) is 3.06. The summed E-state index contributed by atoms with van der Waals surface area (Å²) < 4.78 is 6.51. The van der Waals surface area contributed by atoms with Gasteiger partial charge in [-0.15, -0.1) is 0 Å². The second-order valence-corrected chi connectivity index (χ2v) is 4.17. The van der Waals surface area contributed by atoms with Crippen LogP contribution in [0.2, 0.25) is 0 Å². The van der Waals surface area contributed by atoms with E-state index in [-0.39, 0.29) is 24.0 Å². The molecule has 0 aliphatic heterocycles. The van der Waals surface area contributed by atoms with Gasteiger partial charge in [-0.2, -0.15) is 0 Å². The van der Waals surface area contributed by atoms with Crippen LogP contribution in [-0.2, 0) is 13.0 Å². The first-order valence-corrected chi connectivity index (χ1v) is 4.39. The minimum atomic E-state index is 0. The molecule has 0 bridgehead atoms. The molecule has 0 atom stereocenters. The summed E-state index contributed by atoms with van der Waals surface area (Å²) in [5, 5.41) is 0. The van der Waals surface area contributed by atoms with Crippen molar-refractivity contribution in [3.63, 3.8) is 0 Å². The topological polar surface area (TPSA) is 13.1 Å². The average molecular weight is 295 g/mol. The van der Waals surface area contributed by atoms with Gasteiger partial charge in [0.15, 0.2) is 5.76 Å². The van der Waals surface area contributed by atoms with Crippen LogP contribution < -0.4 is 24.0 Å². The standard InChI is InChI=1S/C10H18NO.HI/c1-5-9-6-7-10(12-9)8-11(2,3)4;/h6-7H,5,8H2,1-4H3;1H/q+1;/p-1. The van der Waals surface area contributed by atoms with Crippen LogP contribution in [0.4, 0.5) is 0 Å². The molecule has 0 unspecified atom stereocenters. The van der Waals surface area contributed by atoms with Crippen molar-refractivity contribution in [3.05, 3.63) is 23.7 Å². The van der Waals surface area contributed by atoms with Crippen molar-refractivity contribution >= 4 is 0 Å². The van der Waals surface area contributed by atoms with Crippen molar-refractivity contribution in [3.8, 4) is 0 Å². The van der Waals surface area contributed by atoms with E-state index in [0.29, 0.717) is 0 Å². The second-order valence-electron chi connectivity index (χ2n) is 4.17. The molecule has 3 heteroatoms. The molecule has 0 saturated heterocycles. The highest BCUT2D eigenvalue weighted by Gasteiger charge is 2.11. The Bertz CT molecular complexity index is 250. The van der Waals surface area contributed by atoms with E-state index in [0.717, 1.165) is 29.0 Å². The lowest BCUT2D eigenvalue weighted by atomic mass is 10.3. The Hall–Kier alpha value is -0.0300. The Labute approximate surface area is 97.5 Å². The summed E-state index contributed by atoms with van der Waals surface area (Å²) >= 11 is 0. The summed E-state index contributed by atoms with van der Waals surface area (Å²) in [7, 11) is 6.48. The van der Waals surface area contributed by atoms with Crippen LogP contribution in [0.15, 0.2) is 16.5 Å². The van der Waals surface area contributed by atoms with E-state index in [1.807, 2.05) is 0 Å². The fourth-order valence-corrected chi connectivity index (χ4v) is 1.16. The van der Waals surface area contributed by atoms with Gasteiger partial charge in [-0.25, -0.2) is 0 Å². The van der Waals surface area contributed by atoms with E-state index in [2.05, 4.69) is 40.2 Å². The normalized spacial score (nSPS) is 11.1. The van der Waals surface area contributed by atoms with Crippen molar-refractivity contribution in [2.75, 3.05) is 21.1 Å². The van der Waals surface area contributed by atoms with Crippen molar-refractivity contribution < 1.29 is 32.9 Å². The molecule has 0 fully saturated rings. The number of hydrogen-bond donors (Lipinski definition) is 0. The van der Waals surface area contributed by atoms with Gasteiger partial charge in [0.2, 0.25) is 0 Å². The van der Waals surface area contributed by atoms with E-state index >= 15 is 0 Å². The first-order chi connectivity index (χ1) is 5.51. The highest BCUT2D eigenvalue weighted by molar-refractivity contribution is 5.05. The molecule has 76 valence electrons. The number of rotatable bonds is 3. The fraction of sp³-hybridized carbons (Fsp3) is 0.600. The lowest BCUT2D eigenvalue weighted by molar-refractivity contribution is -0.884. The predicted molar refractivity (Wildman–Crippen MR) is 49.8 cm³/mol. The molecular weight excluding hydrogens is 277 g/mol. The summed E-state index contributed by atoms with van der Waals surface area (Å²) in [5.74, 6) is 2.16. The summed E-state index contributed by atoms with van der Waals surface area (Å²) in [6, 6.07) is 4.13. The number of nitrogens with zero attached hydrogens (tertiary/aromatic N) is 1. The molecule has 13 heavy (non-hydrogen) atoms. The lowest BCUT2D eigenvalue weighted by Crippen LogP contribution is -3.00. The molecule has 0 radical (unpaired) electrons. The molecule has 1 rings (SSSR count). The van der Waals surface area contributed by atoms with Gasteiger partial charge in [-0.3, -0.25) is 0 Å². The Balaban J connectivity index is 0.00000144. The maximum absolute atomic E-state index is 5.59. The highest BCUT2D eigenvalue weighted by atomic mass is 127. The summed E-state index contributed by atoms with van der Waals surface area (Å²) in [6.07, 6.45) is 0.983. The van der Waals surface area contributed by atoms with E-state index in [1.54, 1.807) is 0 Å². The number of furan rings is 1. The summed E-state index contributed by atoms with van der Waals surface area (Å²) in [4.78, 5) is 0. The van der Waals surface area contributed by atoms with E-state index in [9.17, 15) is 0 Å². The van der Waals surface area contributed by atoms with Gasteiger partial charge in [0, 0.05) is 6.42 Å². The molecule has 1 heterocycles. The van der Waals surface area contributed by atoms with Crippen LogP contribution >= 0.6 is 0 Å². The van der Waals surface area contributed by atoms with Crippen molar-refractivity contribution in [2.45, 2.75) is 19.9 Å². The van der Waals surface area contributed by atoms with Crippen LogP contribution in [-0.4, -0.2) is 25.6 Å². The first kappa shape index (κ1) is 13.0. The van der Waals surface area contributed by atoms with Gasteiger partial charge in [0.25, 0.3) is 0 Å². The van der Waals surface area contributed by atoms with Gasteiger partial charge in [-0.05, 0) is 12.1 Å². The third-order valence-corrected chi connectivity index (χ3v) is 1.70. The molecule has 1 aromatic rings. The number of halogens is 1. The molecule has 0 spiro atoms. The molecule has 0 aliphatic carbocycles. The average Bonchev–Trinajstić information content (AvgIpc) is 2.32. The van der Waals surface area contributed by atoms with E-state index in [1.165, 1.54) is 0 Å². The number of aryl methyl sites for hydroxylation is 1. The Morgan fingerprint density at radius 1 is 1.15 bits per heavy atom. The highest BCUT2D eigenvalue weighted by Crippen LogP contribution is 2.11. The SMILES string of the molecule is CCc1ccc(C[N+](C)(C)C)o1.[I-]. The molecule has 0 N–H and O–H groups in total. The molecular formula is C10H18INO. The van der Waals surface area contributed by atoms with Crippen molar-refractivity contribution in [2.24, 2.45) is 0 Å². The fourth-order valence-electron chi connectivity index (χ4n) is 1.16. The van der Waals surface area contributed by atoms with Crippen LogP contribution in [0, 0.1) is 0 Å². The zero-order valence-electron chi connectivity index (χ0n) is 8.80. The van der Waals surface area contributed by atoms with Gasteiger partial charge < -0.3 is 32.9 Å². The Kier molecular flexibility index (Phi) is 4.99. The smallest absolute Gasteiger partial charge is 0.158 e. The number of quaternary nitrogens is 1. The zero-order chi connectivity index (χ0) is 9.19. The molecule has 0 amide bonds. The molecule has 0 aromatic carbocycles. The lowest BCUT2D eigenvalue weighted by Gasteiger charge is -2.22. The van der Waals surface area contributed by atoms with Gasteiger partial charge in [-0.1, -0.05) is 6.92 Å². The van der Waals surface area contributed by atoms with E-state index < -0.39 is 0 Å². The van der Waals surface area contributed by atoms with Crippen LogP contribution in [0.5, 0.6) is 0 Å². The molecule has 0 saturated carbocycles.